The number of hydrogen-bond acceptors (Lipinski definition) is 4. The van der Waals surface area contributed by atoms with Gasteiger partial charge in [0.2, 0.25) is 0 Å². The molecule has 1 aliphatic rings. The first-order chi connectivity index (χ1) is 23.2. The van der Waals surface area contributed by atoms with Gasteiger partial charge >= 0.3 is 0 Å². The van der Waals surface area contributed by atoms with E-state index in [1.807, 2.05) is 19.2 Å². The van der Waals surface area contributed by atoms with Gasteiger partial charge in [0, 0.05) is 40.2 Å². The number of hydrogen-bond donors (Lipinski definition) is 0. The van der Waals surface area contributed by atoms with Crippen LogP contribution in [0.3, 0.4) is 0 Å². The van der Waals surface area contributed by atoms with E-state index in [4.69, 9.17) is 14.3 Å². The van der Waals surface area contributed by atoms with Crippen LogP contribution in [0.4, 0.5) is 0 Å². The number of rotatable bonds is 34. The van der Waals surface area contributed by atoms with E-state index in [9.17, 15) is 0 Å². The van der Waals surface area contributed by atoms with Gasteiger partial charge in [0.25, 0.3) is 0 Å². The molecule has 274 valence electrons. The van der Waals surface area contributed by atoms with Crippen molar-refractivity contribution in [1.82, 2.24) is 5.06 Å². The van der Waals surface area contributed by atoms with E-state index in [-0.39, 0.29) is 18.3 Å². The monoisotopic (exact) mass is 658 g/mol. The zero-order valence-electron chi connectivity index (χ0n) is 31.8. The van der Waals surface area contributed by atoms with Crippen LogP contribution in [0.5, 0.6) is 0 Å². The first-order valence-electron chi connectivity index (χ1n) is 20.3. The van der Waals surface area contributed by atoms with Crippen LogP contribution in [-0.2, 0) is 14.3 Å². The first-order valence-corrected chi connectivity index (χ1v) is 20.3. The summed E-state index contributed by atoms with van der Waals surface area (Å²) < 4.78 is 12.8. The van der Waals surface area contributed by atoms with E-state index in [1.54, 1.807) is 0 Å². The zero-order chi connectivity index (χ0) is 33.9. The van der Waals surface area contributed by atoms with Gasteiger partial charge in [-0.2, -0.15) is 5.06 Å². The van der Waals surface area contributed by atoms with Gasteiger partial charge in [-0.3, -0.25) is 4.84 Å². The molecule has 0 N–H and O–H groups in total. The Morgan fingerprint density at radius 3 is 1.15 bits per heavy atom. The minimum Gasteiger partial charge on any atom is -0.375 e. The van der Waals surface area contributed by atoms with Crippen molar-refractivity contribution in [3.63, 3.8) is 0 Å². The molecule has 4 heteroatoms. The lowest BCUT2D eigenvalue weighted by molar-refractivity contribution is -0.165. The second-order valence-corrected chi connectivity index (χ2v) is 14.0. The summed E-state index contributed by atoms with van der Waals surface area (Å²) in [5, 5.41) is 1.83. The Kier molecular flexibility index (Phi) is 32.3. The molecule has 0 bridgehead atoms. The molecule has 0 amide bonds. The highest BCUT2D eigenvalue weighted by molar-refractivity contribution is 4.93. The van der Waals surface area contributed by atoms with E-state index < -0.39 is 0 Å². The molecule has 0 saturated heterocycles. The minimum atomic E-state index is 0.169. The Hall–Kier alpha value is -1.20. The molecule has 1 unspecified atom stereocenters. The van der Waals surface area contributed by atoms with Gasteiger partial charge < -0.3 is 9.47 Å². The molecule has 0 aromatic rings. The van der Waals surface area contributed by atoms with Crippen LogP contribution in [0.25, 0.3) is 0 Å². The van der Waals surface area contributed by atoms with Crippen LogP contribution >= 0.6 is 0 Å². The number of hydroxylamine groups is 2. The molecule has 0 heterocycles. The lowest BCUT2D eigenvalue weighted by Crippen LogP contribution is -2.27. The van der Waals surface area contributed by atoms with Crippen molar-refractivity contribution in [1.29, 1.82) is 0 Å². The van der Waals surface area contributed by atoms with Crippen molar-refractivity contribution in [3.05, 3.63) is 48.6 Å². The summed E-state index contributed by atoms with van der Waals surface area (Å²) in [7, 11) is 3.94. The fourth-order valence-corrected chi connectivity index (χ4v) is 6.30. The summed E-state index contributed by atoms with van der Waals surface area (Å²) in [5.41, 5.74) is 0. The Morgan fingerprint density at radius 1 is 0.447 bits per heavy atom. The molecule has 0 aromatic heterocycles. The molecule has 3 atom stereocenters. The predicted molar refractivity (Wildman–Crippen MR) is 206 cm³/mol. The largest absolute Gasteiger partial charge is 0.375 e. The molecule has 1 fully saturated rings. The third-order valence-corrected chi connectivity index (χ3v) is 9.12. The summed E-state index contributed by atoms with van der Waals surface area (Å²) in [6.07, 6.45) is 51.7. The van der Waals surface area contributed by atoms with Crippen molar-refractivity contribution >= 4 is 0 Å². The van der Waals surface area contributed by atoms with Crippen LogP contribution in [0.2, 0.25) is 0 Å². The molecular formula is C43H79NO3. The Labute approximate surface area is 293 Å². The van der Waals surface area contributed by atoms with Crippen molar-refractivity contribution in [2.75, 3.05) is 27.3 Å². The van der Waals surface area contributed by atoms with Crippen LogP contribution in [0, 0.1) is 0 Å². The summed E-state index contributed by atoms with van der Waals surface area (Å²) in [5.74, 6) is 0. The van der Waals surface area contributed by atoms with Gasteiger partial charge in [-0.05, 0) is 77.0 Å². The third-order valence-electron chi connectivity index (χ3n) is 9.12. The summed E-state index contributed by atoms with van der Waals surface area (Å²) in [4.78, 5) is 6.00. The van der Waals surface area contributed by atoms with Crippen LogP contribution in [0.1, 0.15) is 181 Å². The summed E-state index contributed by atoms with van der Waals surface area (Å²) >= 11 is 0. The highest BCUT2D eigenvalue weighted by atomic mass is 16.7. The predicted octanol–water partition coefficient (Wildman–Crippen LogP) is 13.0. The average molecular weight is 658 g/mol. The lowest BCUT2D eigenvalue weighted by Gasteiger charge is -2.20. The molecule has 0 spiro atoms. The SMILES string of the molecule is CCCCC/C=C\C/C=C\CCCCCCCCO[C@H]1CC(ON(C)C)C[C@H]1OCCCCCCCC/C=C\C/C=C\CCCCC. The Balaban J connectivity index is 2.04. The van der Waals surface area contributed by atoms with Crippen LogP contribution < -0.4 is 0 Å². The quantitative estimate of drug-likeness (QED) is 0.0391. The van der Waals surface area contributed by atoms with Gasteiger partial charge in [-0.25, -0.2) is 0 Å². The average Bonchev–Trinajstić information content (AvgIpc) is 3.44. The molecule has 1 aliphatic carbocycles. The molecule has 1 saturated carbocycles. The van der Waals surface area contributed by atoms with Crippen molar-refractivity contribution in [2.24, 2.45) is 0 Å². The second kappa shape index (κ2) is 34.7. The smallest absolute Gasteiger partial charge is 0.0863 e. The molecular weight excluding hydrogens is 578 g/mol. The second-order valence-electron chi connectivity index (χ2n) is 14.0. The molecule has 0 aliphatic heterocycles. The van der Waals surface area contributed by atoms with Crippen molar-refractivity contribution in [2.45, 2.75) is 199 Å². The highest BCUT2D eigenvalue weighted by Crippen LogP contribution is 2.29. The number of unbranched alkanes of at least 4 members (excludes halogenated alkanes) is 18. The molecule has 47 heavy (non-hydrogen) atoms. The van der Waals surface area contributed by atoms with E-state index in [0.29, 0.717) is 0 Å². The maximum atomic E-state index is 6.38. The van der Waals surface area contributed by atoms with E-state index >= 15 is 0 Å². The Morgan fingerprint density at radius 2 is 0.787 bits per heavy atom. The van der Waals surface area contributed by atoms with Gasteiger partial charge in [0.15, 0.2) is 0 Å². The molecule has 0 aromatic carbocycles. The third kappa shape index (κ3) is 29.4. The Bertz CT molecular complexity index is 700. The lowest BCUT2D eigenvalue weighted by atomic mass is 10.1. The fourth-order valence-electron chi connectivity index (χ4n) is 6.30. The van der Waals surface area contributed by atoms with Crippen molar-refractivity contribution in [3.8, 4) is 0 Å². The molecule has 4 nitrogen and oxygen atoms in total. The zero-order valence-corrected chi connectivity index (χ0v) is 31.8. The number of allylic oxidation sites excluding steroid dienone is 8. The minimum absolute atomic E-state index is 0.169. The normalized spacial score (nSPS) is 18.9. The van der Waals surface area contributed by atoms with Crippen LogP contribution in [-0.4, -0.2) is 50.7 Å². The molecule has 0 radical (unpaired) electrons. The van der Waals surface area contributed by atoms with E-state index in [1.165, 1.54) is 128 Å². The van der Waals surface area contributed by atoms with Gasteiger partial charge in [0.1, 0.15) is 0 Å². The molecule has 1 rings (SSSR count). The number of nitrogens with zero attached hydrogens (tertiary/aromatic N) is 1. The van der Waals surface area contributed by atoms with Crippen LogP contribution in [0.15, 0.2) is 48.6 Å². The van der Waals surface area contributed by atoms with Gasteiger partial charge in [-0.1, -0.05) is 140 Å². The topological polar surface area (TPSA) is 30.9 Å². The first kappa shape index (κ1) is 43.8. The fraction of sp³-hybridized carbons (Fsp3) is 0.814. The highest BCUT2D eigenvalue weighted by Gasteiger charge is 2.37. The van der Waals surface area contributed by atoms with Crippen molar-refractivity contribution < 1.29 is 14.3 Å². The summed E-state index contributed by atoms with van der Waals surface area (Å²) in [6, 6.07) is 0. The van der Waals surface area contributed by atoms with Gasteiger partial charge in [-0.15, -0.1) is 0 Å². The van der Waals surface area contributed by atoms with Gasteiger partial charge in [0.05, 0.1) is 18.3 Å². The summed E-state index contributed by atoms with van der Waals surface area (Å²) in [6.45, 7) is 6.22. The number of ether oxygens (including phenoxy) is 2. The maximum absolute atomic E-state index is 6.38. The van der Waals surface area contributed by atoms with E-state index in [2.05, 4.69) is 62.5 Å². The van der Waals surface area contributed by atoms with E-state index in [0.717, 1.165) is 51.7 Å². The maximum Gasteiger partial charge on any atom is 0.0863 e. The standard InChI is InChI=1S/C43H79NO3/c1-5-7-9-11-13-15-17-19-21-23-25-27-29-31-33-35-37-45-42-39-41(47-44(3)4)40-43(42)46-38-36-34-32-30-28-26-24-22-20-18-16-14-12-10-8-6-2/h13-16,19-22,41-43H,5-12,17-18,23-40H2,1-4H3/b15-13-,16-14-,21-19-,22-20-/t41?,42-,43+.